The Hall–Kier alpha value is -3.43. The number of fused-ring (bicyclic) bond motifs is 2. The normalized spacial score (nSPS) is 20.2. The highest BCUT2D eigenvalue weighted by atomic mass is 16.4. The van der Waals surface area contributed by atoms with Gasteiger partial charge in [0.05, 0.1) is 18.6 Å². The number of carboxylic acid groups (broad SMARTS) is 2. The number of nitrogens with zero attached hydrogens (tertiary/aromatic N) is 2. The van der Waals surface area contributed by atoms with Crippen LogP contribution in [-0.4, -0.2) is 74.9 Å². The van der Waals surface area contributed by atoms with E-state index in [9.17, 15) is 19.5 Å². The summed E-state index contributed by atoms with van der Waals surface area (Å²) in [7, 11) is 4.20. The minimum absolute atomic E-state index is 0.00901. The van der Waals surface area contributed by atoms with Gasteiger partial charge in [0.25, 0.3) is 0 Å². The molecule has 0 spiro atoms. The van der Waals surface area contributed by atoms with Crippen molar-refractivity contribution < 1.29 is 29.7 Å². The summed E-state index contributed by atoms with van der Waals surface area (Å²) in [5.41, 5.74) is 5.16. The number of nitrogens with one attached hydrogen (secondary N) is 1. The molecule has 4 rings (SSSR count). The maximum atomic E-state index is 12.7. The van der Waals surface area contributed by atoms with Gasteiger partial charge in [0.1, 0.15) is 0 Å². The fourth-order valence-corrected chi connectivity index (χ4v) is 4.62. The molecule has 0 saturated heterocycles. The SMILES string of the molecule is CCC(CO)NC(=O)C1C=C2c3cccc4c3c(cn4C)CC2N(C)C1.O=C(O)C=CC(=O)O. The van der Waals surface area contributed by atoms with Crippen molar-refractivity contribution >= 4 is 34.3 Å². The number of carbonyl (C=O) groups excluding carboxylic acids is 1. The number of carbonyl (C=O) groups is 3. The zero-order valence-electron chi connectivity index (χ0n) is 19.6. The molecule has 34 heavy (non-hydrogen) atoms. The lowest BCUT2D eigenvalue weighted by Gasteiger charge is -2.39. The average Bonchev–Trinajstić information content (AvgIpc) is 3.13. The lowest BCUT2D eigenvalue weighted by Crippen LogP contribution is -2.48. The van der Waals surface area contributed by atoms with E-state index in [1.165, 1.54) is 27.6 Å². The minimum atomic E-state index is -1.26. The zero-order valence-corrected chi connectivity index (χ0v) is 19.6. The van der Waals surface area contributed by atoms with Crippen LogP contribution in [0.15, 0.2) is 42.6 Å². The third-order valence-electron chi connectivity index (χ3n) is 6.34. The third-order valence-corrected chi connectivity index (χ3v) is 6.34. The van der Waals surface area contributed by atoms with E-state index in [0.29, 0.717) is 24.7 Å². The molecular formula is C25H31N3O6. The van der Waals surface area contributed by atoms with Gasteiger partial charge in [0.2, 0.25) is 5.91 Å². The fraction of sp³-hybridized carbons (Fsp3) is 0.400. The van der Waals surface area contributed by atoms with E-state index in [0.717, 1.165) is 12.8 Å². The van der Waals surface area contributed by atoms with Crippen molar-refractivity contribution in [2.24, 2.45) is 13.0 Å². The topological polar surface area (TPSA) is 132 Å². The molecule has 2 aliphatic rings. The van der Waals surface area contributed by atoms with Crippen LogP contribution in [0.3, 0.4) is 0 Å². The summed E-state index contributed by atoms with van der Waals surface area (Å²) in [6.07, 6.45) is 7.24. The molecule has 1 aromatic carbocycles. The van der Waals surface area contributed by atoms with E-state index in [1.54, 1.807) is 0 Å². The number of hydrogen-bond acceptors (Lipinski definition) is 5. The van der Waals surface area contributed by atoms with Crippen LogP contribution in [0.4, 0.5) is 0 Å². The zero-order chi connectivity index (χ0) is 25.0. The monoisotopic (exact) mass is 469 g/mol. The highest BCUT2D eigenvalue weighted by Crippen LogP contribution is 2.41. The summed E-state index contributed by atoms with van der Waals surface area (Å²) < 4.78 is 2.20. The Morgan fingerprint density at radius 1 is 1.18 bits per heavy atom. The Kier molecular flexibility index (Phi) is 7.90. The molecule has 1 aliphatic heterocycles. The summed E-state index contributed by atoms with van der Waals surface area (Å²) in [4.78, 5) is 34.1. The first kappa shape index (κ1) is 25.2. The van der Waals surface area contributed by atoms with Crippen LogP contribution in [0.1, 0.15) is 24.5 Å². The van der Waals surface area contributed by atoms with E-state index in [-0.39, 0.29) is 24.5 Å². The Balaban J connectivity index is 0.000000350. The Morgan fingerprint density at radius 2 is 1.85 bits per heavy atom. The predicted octanol–water partition coefficient (Wildman–Crippen LogP) is 1.65. The molecule has 0 bridgehead atoms. The largest absolute Gasteiger partial charge is 0.478 e. The molecule has 9 nitrogen and oxygen atoms in total. The lowest BCUT2D eigenvalue weighted by atomic mass is 9.80. The van der Waals surface area contributed by atoms with Gasteiger partial charge in [-0.05, 0) is 42.7 Å². The van der Waals surface area contributed by atoms with Crippen LogP contribution in [0, 0.1) is 5.92 Å². The molecule has 0 saturated carbocycles. The fourth-order valence-electron chi connectivity index (χ4n) is 4.62. The number of amides is 1. The van der Waals surface area contributed by atoms with Crippen LogP contribution in [-0.2, 0) is 27.9 Å². The number of likely N-dealkylation sites (N-methyl/N-ethyl adjacent to an activating group) is 1. The number of aliphatic carboxylic acids is 2. The first-order valence-corrected chi connectivity index (χ1v) is 11.2. The van der Waals surface area contributed by atoms with Gasteiger partial charge in [-0.3, -0.25) is 9.69 Å². The van der Waals surface area contributed by atoms with Crippen LogP contribution in [0.5, 0.6) is 0 Å². The van der Waals surface area contributed by atoms with Gasteiger partial charge >= 0.3 is 11.9 Å². The standard InChI is InChI=1S/C21H27N3O2.C4H4O4/c1-4-15(12-25)22-21(26)14-8-17-16-6-5-7-18-20(16)13(10-23(18)2)9-19(17)24(3)11-14;5-3(6)1-2-4(7)8/h5-8,10,14-15,19,25H,4,9,11-12H2,1-3H3,(H,22,26);1-2H,(H,5,6)(H,7,8). The van der Waals surface area contributed by atoms with Crippen LogP contribution in [0.25, 0.3) is 16.5 Å². The molecule has 9 heteroatoms. The van der Waals surface area contributed by atoms with Gasteiger partial charge in [-0.2, -0.15) is 0 Å². The molecule has 0 radical (unpaired) electrons. The maximum Gasteiger partial charge on any atom is 0.328 e. The molecular weight excluding hydrogens is 438 g/mol. The number of benzene rings is 1. The van der Waals surface area contributed by atoms with E-state index in [1.807, 2.05) is 6.92 Å². The second-order valence-corrected chi connectivity index (χ2v) is 8.66. The van der Waals surface area contributed by atoms with E-state index in [4.69, 9.17) is 10.2 Å². The molecule has 2 heterocycles. The molecule has 1 amide bonds. The molecule has 1 aromatic heterocycles. The van der Waals surface area contributed by atoms with Crippen LogP contribution >= 0.6 is 0 Å². The first-order valence-electron chi connectivity index (χ1n) is 11.2. The summed E-state index contributed by atoms with van der Waals surface area (Å²) in [6, 6.07) is 6.60. The van der Waals surface area contributed by atoms with Gasteiger partial charge in [0.15, 0.2) is 0 Å². The van der Waals surface area contributed by atoms with Crippen LogP contribution < -0.4 is 5.32 Å². The Bertz CT molecular complexity index is 1130. The number of aliphatic hydroxyl groups is 1. The summed E-state index contributed by atoms with van der Waals surface area (Å²) in [5, 5.41) is 29.3. The minimum Gasteiger partial charge on any atom is -0.478 e. The smallest absolute Gasteiger partial charge is 0.328 e. The summed E-state index contributed by atoms with van der Waals surface area (Å²) in [6.45, 7) is 2.66. The van der Waals surface area contributed by atoms with Crippen molar-refractivity contribution in [2.45, 2.75) is 31.8 Å². The Morgan fingerprint density at radius 3 is 2.44 bits per heavy atom. The van der Waals surface area contributed by atoms with Crippen molar-refractivity contribution in [1.82, 2.24) is 14.8 Å². The number of carboxylic acids is 2. The number of hydrogen-bond donors (Lipinski definition) is 4. The molecule has 3 unspecified atom stereocenters. The average molecular weight is 470 g/mol. The van der Waals surface area contributed by atoms with Gasteiger partial charge in [-0.15, -0.1) is 0 Å². The third kappa shape index (κ3) is 5.37. The first-order chi connectivity index (χ1) is 16.2. The van der Waals surface area contributed by atoms with Crippen molar-refractivity contribution in [2.75, 3.05) is 20.2 Å². The summed E-state index contributed by atoms with van der Waals surface area (Å²) in [5.74, 6) is -2.69. The Labute approximate surface area is 198 Å². The summed E-state index contributed by atoms with van der Waals surface area (Å²) >= 11 is 0. The molecule has 182 valence electrons. The molecule has 4 N–H and O–H groups in total. The van der Waals surface area contributed by atoms with Crippen molar-refractivity contribution in [1.29, 1.82) is 0 Å². The highest BCUT2D eigenvalue weighted by molar-refractivity contribution is 5.99. The lowest BCUT2D eigenvalue weighted by molar-refractivity contribution is -0.134. The van der Waals surface area contributed by atoms with E-state index >= 15 is 0 Å². The molecule has 1 aliphatic carbocycles. The van der Waals surface area contributed by atoms with Gasteiger partial charge in [0, 0.05) is 48.9 Å². The molecule has 3 atom stereocenters. The number of rotatable bonds is 6. The van der Waals surface area contributed by atoms with Gasteiger partial charge in [-0.1, -0.05) is 25.1 Å². The molecule has 2 aromatic rings. The second-order valence-electron chi connectivity index (χ2n) is 8.66. The number of aliphatic hydroxyl groups excluding tert-OH is 1. The molecule has 0 fully saturated rings. The van der Waals surface area contributed by atoms with Crippen LogP contribution in [0.2, 0.25) is 0 Å². The van der Waals surface area contributed by atoms with Crippen molar-refractivity contribution in [3.63, 3.8) is 0 Å². The van der Waals surface area contributed by atoms with Crippen molar-refractivity contribution in [3.05, 3.63) is 53.8 Å². The maximum absolute atomic E-state index is 12.7. The predicted molar refractivity (Wildman–Crippen MR) is 128 cm³/mol. The quantitative estimate of drug-likeness (QED) is 0.473. The highest BCUT2D eigenvalue weighted by Gasteiger charge is 2.36. The second kappa shape index (κ2) is 10.7. The van der Waals surface area contributed by atoms with Gasteiger partial charge < -0.3 is 25.2 Å². The van der Waals surface area contributed by atoms with Crippen molar-refractivity contribution in [3.8, 4) is 0 Å². The van der Waals surface area contributed by atoms with Gasteiger partial charge in [-0.25, -0.2) is 9.59 Å². The number of aromatic nitrogens is 1. The number of aryl methyl sites for hydroxylation is 1. The van der Waals surface area contributed by atoms with E-state index < -0.39 is 11.9 Å². The van der Waals surface area contributed by atoms with E-state index in [2.05, 4.69) is 59.4 Å².